The van der Waals surface area contributed by atoms with Crippen LogP contribution in [0.4, 0.5) is 0 Å². The molecule has 1 atom stereocenters. The summed E-state index contributed by atoms with van der Waals surface area (Å²) in [4.78, 5) is 12.7. The van der Waals surface area contributed by atoms with Gasteiger partial charge in [-0.2, -0.15) is 0 Å². The minimum atomic E-state index is -0.413. The Hall–Kier alpha value is -1.52. The summed E-state index contributed by atoms with van der Waals surface area (Å²) in [7, 11) is 1.38. The molecule has 0 radical (unpaired) electrons. The second-order valence-corrected chi connectivity index (χ2v) is 5.28. The number of halogens is 1. The second kappa shape index (κ2) is 6.59. The Morgan fingerprint density at radius 1 is 1.37 bits per heavy atom. The molecular weight excluding hydrogens is 284 g/mol. The standard InChI is InChI=1S/C14H13ClO3S/c1-17-14(16)12(13-6-3-7-19-13)9-18-11-5-2-4-10(15)8-11/h2-8,12H,9H2,1H3. The number of thiophene rings is 1. The molecule has 5 heteroatoms. The zero-order chi connectivity index (χ0) is 13.7. The molecule has 1 aromatic heterocycles. The van der Waals surface area contributed by atoms with E-state index >= 15 is 0 Å². The van der Waals surface area contributed by atoms with Gasteiger partial charge in [0.05, 0.1) is 7.11 Å². The van der Waals surface area contributed by atoms with Crippen LogP contribution in [0.15, 0.2) is 41.8 Å². The van der Waals surface area contributed by atoms with Crippen LogP contribution in [-0.2, 0) is 9.53 Å². The fourth-order valence-electron chi connectivity index (χ4n) is 1.63. The number of carbonyl (C=O) groups is 1. The number of hydrogen-bond donors (Lipinski definition) is 0. The minimum Gasteiger partial charge on any atom is -0.492 e. The van der Waals surface area contributed by atoms with E-state index in [9.17, 15) is 4.79 Å². The zero-order valence-corrected chi connectivity index (χ0v) is 11.9. The molecule has 1 heterocycles. The van der Waals surface area contributed by atoms with Gasteiger partial charge in [0.1, 0.15) is 18.3 Å². The Balaban J connectivity index is 2.07. The van der Waals surface area contributed by atoms with Crippen LogP contribution in [0, 0.1) is 0 Å². The molecule has 1 unspecified atom stereocenters. The number of rotatable bonds is 5. The molecular formula is C14H13ClO3S. The molecule has 2 aromatic rings. The lowest BCUT2D eigenvalue weighted by atomic mass is 10.1. The summed E-state index contributed by atoms with van der Waals surface area (Å²) in [6, 6.07) is 10.9. The summed E-state index contributed by atoms with van der Waals surface area (Å²) in [5, 5.41) is 2.52. The van der Waals surface area contributed by atoms with Gasteiger partial charge in [0.2, 0.25) is 0 Å². The lowest BCUT2D eigenvalue weighted by Crippen LogP contribution is -2.20. The SMILES string of the molecule is COC(=O)C(COc1cccc(Cl)c1)c1cccs1. The van der Waals surface area contributed by atoms with Crippen LogP contribution >= 0.6 is 22.9 Å². The van der Waals surface area contributed by atoms with Crippen molar-refractivity contribution in [3.8, 4) is 5.75 Å². The number of hydrogen-bond acceptors (Lipinski definition) is 4. The van der Waals surface area contributed by atoms with Gasteiger partial charge in [-0.05, 0) is 29.6 Å². The largest absolute Gasteiger partial charge is 0.492 e. The Labute approximate surface area is 120 Å². The monoisotopic (exact) mass is 296 g/mol. The topological polar surface area (TPSA) is 35.5 Å². The fourth-order valence-corrected chi connectivity index (χ4v) is 2.61. The van der Waals surface area contributed by atoms with Gasteiger partial charge in [-0.1, -0.05) is 23.7 Å². The highest BCUT2D eigenvalue weighted by Crippen LogP contribution is 2.25. The molecule has 0 bridgehead atoms. The normalized spacial score (nSPS) is 11.9. The molecule has 19 heavy (non-hydrogen) atoms. The van der Waals surface area contributed by atoms with Gasteiger partial charge in [0, 0.05) is 9.90 Å². The van der Waals surface area contributed by atoms with E-state index in [-0.39, 0.29) is 12.6 Å². The summed E-state index contributed by atoms with van der Waals surface area (Å²) in [5.74, 6) is -0.0774. The van der Waals surface area contributed by atoms with Crippen LogP contribution in [0.1, 0.15) is 10.8 Å². The van der Waals surface area contributed by atoms with Gasteiger partial charge in [0.15, 0.2) is 0 Å². The summed E-state index contributed by atoms with van der Waals surface area (Å²) in [5.41, 5.74) is 0. The number of benzene rings is 1. The Bertz CT molecular complexity index is 539. The van der Waals surface area contributed by atoms with Crippen molar-refractivity contribution in [3.63, 3.8) is 0 Å². The van der Waals surface area contributed by atoms with Gasteiger partial charge >= 0.3 is 5.97 Å². The van der Waals surface area contributed by atoms with E-state index in [0.717, 1.165) is 4.88 Å². The molecule has 0 spiro atoms. The first-order valence-electron chi connectivity index (χ1n) is 5.70. The predicted octanol–water partition coefficient (Wildman–Crippen LogP) is 3.74. The maximum absolute atomic E-state index is 11.8. The fraction of sp³-hybridized carbons (Fsp3) is 0.214. The van der Waals surface area contributed by atoms with E-state index in [1.165, 1.54) is 18.4 Å². The van der Waals surface area contributed by atoms with Crippen LogP contribution in [0.5, 0.6) is 5.75 Å². The molecule has 2 rings (SSSR count). The van der Waals surface area contributed by atoms with Crippen molar-refractivity contribution >= 4 is 28.9 Å². The zero-order valence-electron chi connectivity index (χ0n) is 10.3. The van der Waals surface area contributed by atoms with E-state index in [0.29, 0.717) is 10.8 Å². The molecule has 0 N–H and O–H groups in total. The van der Waals surface area contributed by atoms with Gasteiger partial charge in [-0.25, -0.2) is 0 Å². The highest BCUT2D eigenvalue weighted by atomic mass is 35.5. The van der Waals surface area contributed by atoms with Crippen molar-refractivity contribution in [2.75, 3.05) is 13.7 Å². The maximum Gasteiger partial charge on any atom is 0.317 e. The van der Waals surface area contributed by atoms with Crippen molar-refractivity contribution < 1.29 is 14.3 Å². The molecule has 0 aliphatic carbocycles. The number of carbonyl (C=O) groups excluding carboxylic acids is 1. The van der Waals surface area contributed by atoms with Crippen LogP contribution < -0.4 is 4.74 Å². The van der Waals surface area contributed by atoms with Gasteiger partial charge in [-0.3, -0.25) is 4.79 Å². The molecule has 0 fully saturated rings. The predicted molar refractivity (Wildman–Crippen MR) is 76.0 cm³/mol. The number of ether oxygens (including phenoxy) is 2. The van der Waals surface area contributed by atoms with Crippen LogP contribution in [0.2, 0.25) is 5.02 Å². The molecule has 0 saturated carbocycles. The van der Waals surface area contributed by atoms with Gasteiger partial charge < -0.3 is 9.47 Å². The highest BCUT2D eigenvalue weighted by Gasteiger charge is 2.23. The Morgan fingerprint density at radius 3 is 2.84 bits per heavy atom. The van der Waals surface area contributed by atoms with E-state index in [4.69, 9.17) is 21.1 Å². The smallest absolute Gasteiger partial charge is 0.317 e. The van der Waals surface area contributed by atoms with E-state index < -0.39 is 5.92 Å². The van der Waals surface area contributed by atoms with Crippen molar-refractivity contribution in [2.24, 2.45) is 0 Å². The maximum atomic E-state index is 11.8. The average Bonchev–Trinajstić information content (AvgIpc) is 2.92. The Kier molecular flexibility index (Phi) is 4.82. The van der Waals surface area contributed by atoms with E-state index in [1.807, 2.05) is 17.5 Å². The second-order valence-electron chi connectivity index (χ2n) is 3.86. The summed E-state index contributed by atoms with van der Waals surface area (Å²) >= 11 is 7.39. The van der Waals surface area contributed by atoms with E-state index in [2.05, 4.69) is 0 Å². The van der Waals surface area contributed by atoms with Crippen LogP contribution in [0.25, 0.3) is 0 Å². The summed E-state index contributed by atoms with van der Waals surface area (Å²) in [6.07, 6.45) is 0. The quantitative estimate of drug-likeness (QED) is 0.789. The third-order valence-corrected chi connectivity index (χ3v) is 3.81. The molecule has 100 valence electrons. The minimum absolute atomic E-state index is 0.230. The highest BCUT2D eigenvalue weighted by molar-refractivity contribution is 7.10. The van der Waals surface area contributed by atoms with Crippen LogP contribution in [0.3, 0.4) is 0 Å². The first kappa shape index (κ1) is 13.9. The third-order valence-electron chi connectivity index (χ3n) is 2.59. The molecule has 1 aromatic carbocycles. The van der Waals surface area contributed by atoms with Gasteiger partial charge in [-0.15, -0.1) is 11.3 Å². The van der Waals surface area contributed by atoms with Crippen molar-refractivity contribution in [3.05, 3.63) is 51.7 Å². The van der Waals surface area contributed by atoms with Crippen molar-refractivity contribution in [1.82, 2.24) is 0 Å². The molecule has 3 nitrogen and oxygen atoms in total. The lowest BCUT2D eigenvalue weighted by Gasteiger charge is -2.14. The number of methoxy groups -OCH3 is 1. The van der Waals surface area contributed by atoms with Crippen molar-refractivity contribution in [2.45, 2.75) is 5.92 Å². The first-order valence-corrected chi connectivity index (χ1v) is 6.96. The number of esters is 1. The first-order chi connectivity index (χ1) is 9.20. The van der Waals surface area contributed by atoms with E-state index in [1.54, 1.807) is 24.3 Å². The molecule has 0 aliphatic rings. The molecule has 0 saturated heterocycles. The Morgan fingerprint density at radius 2 is 2.21 bits per heavy atom. The van der Waals surface area contributed by atoms with Crippen molar-refractivity contribution in [1.29, 1.82) is 0 Å². The lowest BCUT2D eigenvalue weighted by molar-refractivity contribution is -0.143. The average molecular weight is 297 g/mol. The summed E-state index contributed by atoms with van der Waals surface area (Å²) in [6.45, 7) is 0.230. The molecule has 0 amide bonds. The van der Waals surface area contributed by atoms with Crippen LogP contribution in [-0.4, -0.2) is 19.7 Å². The summed E-state index contributed by atoms with van der Waals surface area (Å²) < 4.78 is 10.4. The molecule has 0 aliphatic heterocycles. The third kappa shape index (κ3) is 3.72. The van der Waals surface area contributed by atoms with Gasteiger partial charge in [0.25, 0.3) is 0 Å².